The molecule has 0 aliphatic heterocycles. The Morgan fingerprint density at radius 3 is 2.90 bits per heavy atom. The molecule has 0 unspecified atom stereocenters. The molecule has 1 amide bonds. The summed E-state index contributed by atoms with van der Waals surface area (Å²) in [5.41, 5.74) is 0.0346. The number of nitrogens with zero attached hydrogens (tertiary/aromatic N) is 3. The second-order valence-electron chi connectivity index (χ2n) is 4.99. The van der Waals surface area contributed by atoms with Crippen LogP contribution in [0.1, 0.15) is 31.4 Å². The van der Waals surface area contributed by atoms with Gasteiger partial charge in [0, 0.05) is 7.05 Å². The number of hydrogen-bond donors (Lipinski definition) is 2. The largest absolute Gasteiger partial charge is 0.390 e. The number of carbonyl (C=O) groups is 1. The van der Waals surface area contributed by atoms with Crippen molar-refractivity contribution in [3.63, 3.8) is 0 Å². The van der Waals surface area contributed by atoms with Crippen molar-refractivity contribution in [2.75, 3.05) is 5.75 Å². The Labute approximate surface area is 122 Å². The Morgan fingerprint density at radius 2 is 2.35 bits per heavy atom. The summed E-state index contributed by atoms with van der Waals surface area (Å²) in [4.78, 5) is 16.1. The fourth-order valence-electron chi connectivity index (χ4n) is 2.38. The fourth-order valence-corrected chi connectivity index (χ4v) is 3.15. The average Bonchev–Trinajstić information content (AvgIpc) is 3.04. The Balaban J connectivity index is 1.89. The molecule has 1 aromatic heterocycles. The first-order valence-corrected chi connectivity index (χ1v) is 7.55. The summed E-state index contributed by atoms with van der Waals surface area (Å²) in [7, 11) is 1.80. The van der Waals surface area contributed by atoms with Gasteiger partial charge in [-0.15, -0.1) is 0 Å². The van der Waals surface area contributed by atoms with Crippen molar-refractivity contribution in [2.45, 2.75) is 43.0 Å². The van der Waals surface area contributed by atoms with E-state index in [2.05, 4.69) is 16.4 Å². The molecule has 7 heteroatoms. The van der Waals surface area contributed by atoms with E-state index in [4.69, 9.17) is 5.11 Å². The summed E-state index contributed by atoms with van der Waals surface area (Å²) in [5, 5.41) is 21.8. The van der Waals surface area contributed by atoms with E-state index in [9.17, 15) is 10.1 Å². The number of carbonyl (C=O) groups excluding carboxylic acids is 1. The molecule has 1 aromatic rings. The summed E-state index contributed by atoms with van der Waals surface area (Å²) in [6.45, 7) is -0.0756. The first-order chi connectivity index (χ1) is 9.60. The van der Waals surface area contributed by atoms with E-state index in [0.717, 1.165) is 25.7 Å². The van der Waals surface area contributed by atoms with Crippen molar-refractivity contribution in [3.8, 4) is 6.07 Å². The number of aliphatic hydroxyl groups excluding tert-OH is 1. The van der Waals surface area contributed by atoms with E-state index in [0.29, 0.717) is 10.9 Å². The maximum absolute atomic E-state index is 12.0. The monoisotopic (exact) mass is 294 g/mol. The molecule has 6 nitrogen and oxygen atoms in total. The number of nitriles is 1. The smallest absolute Gasteiger partial charge is 0.231 e. The van der Waals surface area contributed by atoms with Crippen LogP contribution in [0.3, 0.4) is 0 Å². The third kappa shape index (κ3) is 3.14. The van der Waals surface area contributed by atoms with Crippen LogP contribution in [0, 0.1) is 11.3 Å². The molecule has 1 fully saturated rings. The van der Waals surface area contributed by atoms with E-state index >= 15 is 0 Å². The van der Waals surface area contributed by atoms with Crippen LogP contribution in [0.2, 0.25) is 0 Å². The molecule has 1 saturated carbocycles. The van der Waals surface area contributed by atoms with Gasteiger partial charge < -0.3 is 15.0 Å². The van der Waals surface area contributed by atoms with Gasteiger partial charge in [-0.2, -0.15) is 5.26 Å². The molecule has 1 heterocycles. The maximum Gasteiger partial charge on any atom is 0.231 e. The highest BCUT2D eigenvalue weighted by Gasteiger charge is 2.35. The molecule has 0 aromatic carbocycles. The van der Waals surface area contributed by atoms with Gasteiger partial charge in [-0.1, -0.05) is 11.8 Å². The van der Waals surface area contributed by atoms with Gasteiger partial charge in [-0.3, -0.25) is 4.79 Å². The zero-order chi connectivity index (χ0) is 14.6. The van der Waals surface area contributed by atoms with Crippen molar-refractivity contribution in [1.29, 1.82) is 5.26 Å². The standard InChI is InChI=1S/C13H18N4O2S/c1-17-10(7-18)6-15-12(17)20-8-11(19)16-13(9-14)4-2-3-5-13/h6,18H,2-5,7-8H2,1H3,(H,16,19). The highest BCUT2D eigenvalue weighted by atomic mass is 32.2. The average molecular weight is 294 g/mol. The van der Waals surface area contributed by atoms with Crippen LogP contribution in [0.15, 0.2) is 11.4 Å². The fraction of sp³-hybridized carbons (Fsp3) is 0.615. The van der Waals surface area contributed by atoms with Crippen molar-refractivity contribution < 1.29 is 9.90 Å². The summed E-state index contributed by atoms with van der Waals surface area (Å²) >= 11 is 1.30. The van der Waals surface area contributed by atoms with Gasteiger partial charge in [0.15, 0.2) is 5.16 Å². The third-order valence-corrected chi connectivity index (χ3v) is 4.63. The lowest BCUT2D eigenvalue weighted by molar-refractivity contribution is -0.119. The quantitative estimate of drug-likeness (QED) is 0.789. The summed E-state index contributed by atoms with van der Waals surface area (Å²) < 4.78 is 1.76. The minimum Gasteiger partial charge on any atom is -0.390 e. The van der Waals surface area contributed by atoms with Crippen LogP contribution in [0.5, 0.6) is 0 Å². The number of hydrogen-bond acceptors (Lipinski definition) is 5. The minimum absolute atomic E-state index is 0.0756. The molecule has 2 rings (SSSR count). The van der Waals surface area contributed by atoms with Gasteiger partial charge in [0.2, 0.25) is 5.91 Å². The van der Waals surface area contributed by atoms with Crippen molar-refractivity contribution >= 4 is 17.7 Å². The lowest BCUT2D eigenvalue weighted by atomic mass is 10.0. The number of rotatable bonds is 5. The lowest BCUT2D eigenvalue weighted by Crippen LogP contribution is -2.45. The summed E-state index contributed by atoms with van der Waals surface area (Å²) in [6, 6.07) is 2.24. The summed E-state index contributed by atoms with van der Waals surface area (Å²) in [6.07, 6.45) is 5.03. The van der Waals surface area contributed by atoms with Gasteiger partial charge >= 0.3 is 0 Å². The number of amides is 1. The molecule has 0 atom stereocenters. The van der Waals surface area contributed by atoms with E-state index in [1.807, 2.05) is 0 Å². The van der Waals surface area contributed by atoms with Gasteiger partial charge in [-0.25, -0.2) is 4.98 Å². The van der Waals surface area contributed by atoms with Crippen molar-refractivity contribution in [3.05, 3.63) is 11.9 Å². The van der Waals surface area contributed by atoms with Gasteiger partial charge in [0.05, 0.1) is 30.3 Å². The predicted octanol–water partition coefficient (Wildman–Crippen LogP) is 0.957. The lowest BCUT2D eigenvalue weighted by Gasteiger charge is -2.21. The third-order valence-electron chi connectivity index (χ3n) is 3.59. The first-order valence-electron chi connectivity index (χ1n) is 6.57. The van der Waals surface area contributed by atoms with Crippen LogP contribution >= 0.6 is 11.8 Å². The van der Waals surface area contributed by atoms with E-state index in [1.54, 1.807) is 17.8 Å². The SMILES string of the molecule is Cn1c(CO)cnc1SCC(=O)NC1(C#N)CCCC1. The second kappa shape index (κ2) is 6.29. The Morgan fingerprint density at radius 1 is 1.65 bits per heavy atom. The Bertz CT molecular complexity index is 529. The first kappa shape index (κ1) is 14.9. The van der Waals surface area contributed by atoms with Crippen LogP contribution in [0.4, 0.5) is 0 Å². The van der Waals surface area contributed by atoms with Crippen molar-refractivity contribution in [2.24, 2.45) is 7.05 Å². The molecule has 1 aliphatic carbocycles. The molecular weight excluding hydrogens is 276 g/mol. The molecule has 1 aliphatic rings. The molecule has 108 valence electrons. The molecule has 0 radical (unpaired) electrons. The Kier molecular flexibility index (Phi) is 4.68. The molecule has 0 saturated heterocycles. The molecule has 0 spiro atoms. The number of nitrogens with one attached hydrogen (secondary N) is 1. The van der Waals surface area contributed by atoms with Gasteiger partial charge in [0.1, 0.15) is 5.54 Å². The van der Waals surface area contributed by atoms with E-state index in [1.165, 1.54) is 11.8 Å². The van der Waals surface area contributed by atoms with Crippen molar-refractivity contribution in [1.82, 2.24) is 14.9 Å². The van der Waals surface area contributed by atoms with E-state index < -0.39 is 5.54 Å². The topological polar surface area (TPSA) is 90.9 Å². The second-order valence-corrected chi connectivity index (χ2v) is 5.93. The highest BCUT2D eigenvalue weighted by molar-refractivity contribution is 7.99. The van der Waals surface area contributed by atoms with Crippen LogP contribution < -0.4 is 5.32 Å². The number of thioether (sulfide) groups is 1. The molecule has 0 bridgehead atoms. The zero-order valence-electron chi connectivity index (χ0n) is 11.4. The van der Waals surface area contributed by atoms with Crippen LogP contribution in [-0.2, 0) is 18.4 Å². The number of aliphatic hydroxyl groups is 1. The van der Waals surface area contributed by atoms with Gasteiger partial charge in [0.25, 0.3) is 0 Å². The van der Waals surface area contributed by atoms with Crippen LogP contribution in [0.25, 0.3) is 0 Å². The number of aromatic nitrogens is 2. The minimum atomic E-state index is -0.671. The normalized spacial score (nSPS) is 16.9. The number of imidazole rings is 1. The van der Waals surface area contributed by atoms with Gasteiger partial charge in [-0.05, 0) is 25.7 Å². The van der Waals surface area contributed by atoms with E-state index in [-0.39, 0.29) is 18.3 Å². The Hall–Kier alpha value is -1.52. The molecule has 20 heavy (non-hydrogen) atoms. The zero-order valence-corrected chi connectivity index (χ0v) is 12.2. The maximum atomic E-state index is 12.0. The van der Waals surface area contributed by atoms with Crippen LogP contribution in [-0.4, -0.2) is 31.9 Å². The highest BCUT2D eigenvalue weighted by Crippen LogP contribution is 2.29. The molecular formula is C13H18N4O2S. The molecule has 2 N–H and O–H groups in total. The predicted molar refractivity (Wildman–Crippen MR) is 74.8 cm³/mol. The summed E-state index contributed by atoms with van der Waals surface area (Å²) in [5.74, 6) is 0.0751.